The van der Waals surface area contributed by atoms with Crippen molar-refractivity contribution in [3.05, 3.63) is 23.0 Å². The van der Waals surface area contributed by atoms with Gasteiger partial charge in [0.15, 0.2) is 5.15 Å². The molecule has 1 rings (SSSR count). The van der Waals surface area contributed by atoms with Crippen molar-refractivity contribution >= 4 is 29.1 Å². The maximum Gasteiger partial charge on any atom is 0.243 e. The van der Waals surface area contributed by atoms with E-state index in [4.69, 9.17) is 11.6 Å². The van der Waals surface area contributed by atoms with Gasteiger partial charge in [0, 0.05) is 13.1 Å². The first-order valence-electron chi connectivity index (χ1n) is 4.65. The Labute approximate surface area is 98.2 Å². The van der Waals surface area contributed by atoms with E-state index in [1.54, 1.807) is 12.3 Å². The monoisotopic (exact) mass is 241 g/mol. The minimum atomic E-state index is -0.343. The molecule has 0 atom stereocenters. The topological polar surface area (TPSA) is 71.1 Å². The molecule has 1 aromatic rings. The first-order chi connectivity index (χ1) is 7.49. The van der Waals surface area contributed by atoms with Gasteiger partial charge in [0.05, 0.1) is 12.2 Å². The van der Waals surface area contributed by atoms with Gasteiger partial charge in [-0.1, -0.05) is 11.6 Å². The Hall–Kier alpha value is -1.62. The maximum absolute atomic E-state index is 11.4. The lowest BCUT2D eigenvalue weighted by Crippen LogP contribution is -2.31. The second-order valence-corrected chi connectivity index (χ2v) is 3.67. The number of nitrogens with one attached hydrogen (secondary N) is 2. The number of amides is 2. The van der Waals surface area contributed by atoms with Crippen molar-refractivity contribution in [2.75, 3.05) is 11.9 Å². The highest BCUT2D eigenvalue weighted by molar-refractivity contribution is 6.32. The summed E-state index contributed by atoms with van der Waals surface area (Å²) >= 11 is 5.79. The molecule has 1 aromatic heterocycles. The summed E-state index contributed by atoms with van der Waals surface area (Å²) in [5, 5.41) is 5.17. The van der Waals surface area contributed by atoms with Crippen LogP contribution in [-0.4, -0.2) is 23.3 Å². The lowest BCUT2D eigenvalue weighted by atomic mass is 10.3. The van der Waals surface area contributed by atoms with E-state index >= 15 is 0 Å². The number of halogens is 1. The third kappa shape index (κ3) is 3.86. The second-order valence-electron chi connectivity index (χ2n) is 3.31. The Morgan fingerprint density at radius 2 is 2.19 bits per heavy atom. The van der Waals surface area contributed by atoms with Crippen molar-refractivity contribution in [1.82, 2.24) is 10.3 Å². The van der Waals surface area contributed by atoms with Crippen molar-refractivity contribution in [2.24, 2.45) is 0 Å². The zero-order valence-corrected chi connectivity index (χ0v) is 9.76. The van der Waals surface area contributed by atoms with Crippen LogP contribution in [0.25, 0.3) is 0 Å². The molecule has 0 radical (unpaired) electrons. The zero-order valence-electron chi connectivity index (χ0n) is 9.00. The standard InChI is InChI=1S/C10H12ClN3O2/c1-6-3-8(10(11)13-4-6)14-9(16)5-12-7(2)15/h3-4H,5H2,1-2H3,(H,12,15)(H,14,16). The SMILES string of the molecule is CC(=O)NCC(=O)Nc1cc(C)cnc1Cl. The lowest BCUT2D eigenvalue weighted by molar-refractivity contribution is -0.122. The minimum absolute atomic E-state index is 0.0837. The van der Waals surface area contributed by atoms with Crippen LogP contribution in [0.2, 0.25) is 5.15 Å². The van der Waals surface area contributed by atoms with Crippen molar-refractivity contribution in [1.29, 1.82) is 0 Å². The van der Waals surface area contributed by atoms with Crippen molar-refractivity contribution in [2.45, 2.75) is 13.8 Å². The summed E-state index contributed by atoms with van der Waals surface area (Å²) < 4.78 is 0. The van der Waals surface area contributed by atoms with E-state index in [0.717, 1.165) is 5.56 Å². The molecule has 0 aromatic carbocycles. The summed E-state index contributed by atoms with van der Waals surface area (Å²) in [6.45, 7) is 3.10. The van der Waals surface area contributed by atoms with Gasteiger partial charge in [-0.25, -0.2) is 4.98 Å². The molecule has 0 bridgehead atoms. The van der Waals surface area contributed by atoms with Crippen LogP contribution in [-0.2, 0) is 9.59 Å². The van der Waals surface area contributed by atoms with Gasteiger partial charge in [-0.05, 0) is 18.6 Å². The molecule has 2 N–H and O–H groups in total. The van der Waals surface area contributed by atoms with Gasteiger partial charge in [0.1, 0.15) is 0 Å². The molecule has 0 aliphatic carbocycles. The number of hydrogen-bond donors (Lipinski definition) is 2. The van der Waals surface area contributed by atoms with E-state index in [1.165, 1.54) is 6.92 Å². The molecule has 0 saturated carbocycles. The number of anilines is 1. The van der Waals surface area contributed by atoms with Gasteiger partial charge >= 0.3 is 0 Å². The van der Waals surface area contributed by atoms with E-state index in [-0.39, 0.29) is 23.5 Å². The third-order valence-electron chi connectivity index (χ3n) is 1.75. The van der Waals surface area contributed by atoms with Crippen LogP contribution in [0.1, 0.15) is 12.5 Å². The second kappa shape index (κ2) is 5.46. The first kappa shape index (κ1) is 12.4. The highest BCUT2D eigenvalue weighted by atomic mass is 35.5. The van der Waals surface area contributed by atoms with Crippen LogP contribution in [0.15, 0.2) is 12.3 Å². The number of carbonyl (C=O) groups excluding carboxylic acids is 2. The molecular formula is C10H12ClN3O2. The molecule has 1 heterocycles. The largest absolute Gasteiger partial charge is 0.347 e. The molecular weight excluding hydrogens is 230 g/mol. The average Bonchev–Trinajstić information content (AvgIpc) is 2.20. The summed E-state index contributed by atoms with van der Waals surface area (Å²) in [5.41, 5.74) is 1.33. The fourth-order valence-corrected chi connectivity index (χ4v) is 1.19. The average molecular weight is 242 g/mol. The van der Waals surface area contributed by atoms with Crippen LogP contribution in [0, 0.1) is 6.92 Å². The van der Waals surface area contributed by atoms with Crippen LogP contribution in [0.4, 0.5) is 5.69 Å². The fourth-order valence-electron chi connectivity index (χ4n) is 1.04. The Balaban J connectivity index is 2.62. The Kier molecular flexibility index (Phi) is 4.25. The number of carbonyl (C=O) groups is 2. The lowest BCUT2D eigenvalue weighted by Gasteiger charge is -2.07. The number of hydrogen-bond acceptors (Lipinski definition) is 3. The van der Waals surface area contributed by atoms with Gasteiger partial charge in [0.25, 0.3) is 0 Å². The van der Waals surface area contributed by atoms with Crippen LogP contribution < -0.4 is 10.6 Å². The number of nitrogens with zero attached hydrogens (tertiary/aromatic N) is 1. The summed E-state index contributed by atoms with van der Waals surface area (Å²) in [6, 6.07) is 1.71. The van der Waals surface area contributed by atoms with Crippen LogP contribution in [0.5, 0.6) is 0 Å². The Morgan fingerprint density at radius 3 is 2.81 bits per heavy atom. The van der Waals surface area contributed by atoms with Gasteiger partial charge in [-0.2, -0.15) is 0 Å². The molecule has 2 amide bonds. The molecule has 0 unspecified atom stereocenters. The maximum atomic E-state index is 11.4. The normalized spacial score (nSPS) is 9.69. The van der Waals surface area contributed by atoms with Crippen LogP contribution in [0.3, 0.4) is 0 Å². The highest BCUT2D eigenvalue weighted by Gasteiger charge is 2.07. The van der Waals surface area contributed by atoms with Crippen LogP contribution >= 0.6 is 11.6 Å². The molecule has 6 heteroatoms. The number of aryl methyl sites for hydroxylation is 1. The number of rotatable bonds is 3. The zero-order chi connectivity index (χ0) is 12.1. The molecule has 86 valence electrons. The predicted molar refractivity (Wildman–Crippen MR) is 61.3 cm³/mol. The van der Waals surface area contributed by atoms with E-state index in [9.17, 15) is 9.59 Å². The van der Waals surface area contributed by atoms with Crippen molar-refractivity contribution < 1.29 is 9.59 Å². The van der Waals surface area contributed by atoms with E-state index in [2.05, 4.69) is 15.6 Å². The van der Waals surface area contributed by atoms with E-state index in [0.29, 0.717) is 5.69 Å². The van der Waals surface area contributed by atoms with Gasteiger partial charge in [-0.15, -0.1) is 0 Å². The quantitative estimate of drug-likeness (QED) is 0.779. The number of pyridine rings is 1. The molecule has 0 aliphatic rings. The summed E-state index contributed by atoms with van der Waals surface area (Å²) in [6.07, 6.45) is 1.60. The van der Waals surface area contributed by atoms with E-state index < -0.39 is 0 Å². The smallest absolute Gasteiger partial charge is 0.243 e. The highest BCUT2D eigenvalue weighted by Crippen LogP contribution is 2.19. The summed E-state index contributed by atoms with van der Waals surface area (Å²) in [4.78, 5) is 25.9. The van der Waals surface area contributed by atoms with Crippen molar-refractivity contribution in [3.63, 3.8) is 0 Å². The van der Waals surface area contributed by atoms with Gasteiger partial charge < -0.3 is 10.6 Å². The predicted octanol–water partition coefficient (Wildman–Crippen LogP) is 1.12. The molecule has 0 saturated heterocycles. The number of aromatic nitrogens is 1. The first-order valence-corrected chi connectivity index (χ1v) is 5.03. The summed E-state index contributed by atoms with van der Waals surface area (Å²) in [5.74, 6) is -0.604. The Bertz CT molecular complexity index is 421. The minimum Gasteiger partial charge on any atom is -0.347 e. The Morgan fingerprint density at radius 1 is 1.50 bits per heavy atom. The third-order valence-corrected chi connectivity index (χ3v) is 2.05. The van der Waals surface area contributed by atoms with Gasteiger partial charge in [0.2, 0.25) is 11.8 Å². The molecule has 5 nitrogen and oxygen atoms in total. The molecule has 0 spiro atoms. The molecule has 0 fully saturated rings. The van der Waals surface area contributed by atoms with Gasteiger partial charge in [-0.3, -0.25) is 9.59 Å². The summed E-state index contributed by atoms with van der Waals surface area (Å²) in [7, 11) is 0. The van der Waals surface area contributed by atoms with E-state index in [1.807, 2.05) is 6.92 Å². The molecule has 16 heavy (non-hydrogen) atoms. The molecule has 0 aliphatic heterocycles. The fraction of sp³-hybridized carbons (Fsp3) is 0.300. The van der Waals surface area contributed by atoms with Crippen molar-refractivity contribution in [3.8, 4) is 0 Å².